The number of amidine groups is 1. The minimum Gasteiger partial charge on any atom is -0.368 e. The van der Waals surface area contributed by atoms with Gasteiger partial charge < -0.3 is 9.80 Å². The Labute approximate surface area is 110 Å². The van der Waals surface area contributed by atoms with Gasteiger partial charge in [0.1, 0.15) is 0 Å². The molecule has 0 bridgehead atoms. The van der Waals surface area contributed by atoms with Crippen LogP contribution in [-0.2, 0) is 0 Å². The number of nitrogens with zero attached hydrogens (tertiary/aromatic N) is 2. The molecule has 1 fully saturated rings. The summed E-state index contributed by atoms with van der Waals surface area (Å²) in [5.74, 6) is 1.11. The number of rotatable bonds is 2. The van der Waals surface area contributed by atoms with Crippen LogP contribution in [0.2, 0.25) is 0 Å². The smallest absolute Gasteiger partial charge is 0.0985 e. The second-order valence-electron chi connectivity index (χ2n) is 5.35. The quantitative estimate of drug-likeness (QED) is 0.641. The van der Waals surface area contributed by atoms with E-state index in [1.165, 1.54) is 11.3 Å². The van der Waals surface area contributed by atoms with Gasteiger partial charge in [0.2, 0.25) is 0 Å². The Morgan fingerprint density at radius 1 is 1.17 bits per heavy atom. The number of hydrogen-bond donors (Lipinski definition) is 1. The van der Waals surface area contributed by atoms with Crippen molar-refractivity contribution >= 4 is 11.5 Å². The van der Waals surface area contributed by atoms with Crippen molar-refractivity contribution in [3.8, 4) is 0 Å². The molecule has 1 aromatic rings. The van der Waals surface area contributed by atoms with E-state index in [0.29, 0.717) is 5.92 Å². The molecule has 0 unspecified atom stereocenters. The second kappa shape index (κ2) is 5.42. The number of benzene rings is 1. The van der Waals surface area contributed by atoms with Gasteiger partial charge >= 0.3 is 0 Å². The Morgan fingerprint density at radius 2 is 1.83 bits per heavy atom. The molecule has 1 aliphatic rings. The zero-order valence-corrected chi connectivity index (χ0v) is 11.6. The minimum absolute atomic E-state index is 0.329. The molecule has 98 valence electrons. The SMILES string of the molecule is Cc1cccc(N2CCN(C(=N)C(C)C)CC2)c1. The average molecular weight is 245 g/mol. The van der Waals surface area contributed by atoms with E-state index in [-0.39, 0.29) is 0 Å². The van der Waals surface area contributed by atoms with Crippen molar-refractivity contribution in [1.29, 1.82) is 5.41 Å². The monoisotopic (exact) mass is 245 g/mol. The van der Waals surface area contributed by atoms with Gasteiger partial charge in [-0.1, -0.05) is 26.0 Å². The maximum Gasteiger partial charge on any atom is 0.0985 e. The van der Waals surface area contributed by atoms with Gasteiger partial charge in [0.05, 0.1) is 5.84 Å². The van der Waals surface area contributed by atoms with Crippen LogP contribution in [0.3, 0.4) is 0 Å². The number of piperazine rings is 1. The zero-order chi connectivity index (χ0) is 13.1. The molecule has 1 N–H and O–H groups in total. The van der Waals surface area contributed by atoms with Crippen LogP contribution in [0.15, 0.2) is 24.3 Å². The molecule has 1 saturated heterocycles. The molecule has 0 aliphatic carbocycles. The summed E-state index contributed by atoms with van der Waals surface area (Å²) in [7, 11) is 0. The topological polar surface area (TPSA) is 30.3 Å². The molecule has 0 atom stereocenters. The molecule has 1 heterocycles. The molecule has 0 amide bonds. The standard InChI is InChI=1S/C15H23N3/c1-12(2)15(16)18-9-7-17(8-10-18)14-6-4-5-13(3)11-14/h4-6,11-12,16H,7-10H2,1-3H3. The van der Waals surface area contributed by atoms with Gasteiger partial charge in [-0.05, 0) is 24.6 Å². The van der Waals surface area contributed by atoms with Crippen molar-refractivity contribution in [3.63, 3.8) is 0 Å². The van der Waals surface area contributed by atoms with Crippen molar-refractivity contribution < 1.29 is 0 Å². The van der Waals surface area contributed by atoms with Gasteiger partial charge in [0.15, 0.2) is 0 Å². The van der Waals surface area contributed by atoms with Gasteiger partial charge in [-0.25, -0.2) is 0 Å². The fourth-order valence-electron chi connectivity index (χ4n) is 2.40. The largest absolute Gasteiger partial charge is 0.368 e. The lowest BCUT2D eigenvalue weighted by Gasteiger charge is -2.38. The van der Waals surface area contributed by atoms with E-state index in [1.807, 2.05) is 0 Å². The van der Waals surface area contributed by atoms with Crippen molar-refractivity contribution in [3.05, 3.63) is 29.8 Å². The number of nitrogens with one attached hydrogen (secondary N) is 1. The van der Waals surface area contributed by atoms with Gasteiger partial charge in [-0.2, -0.15) is 0 Å². The molecule has 1 aromatic carbocycles. The first-order valence-electron chi connectivity index (χ1n) is 6.73. The van der Waals surface area contributed by atoms with Crippen LogP contribution < -0.4 is 4.90 Å². The lowest BCUT2D eigenvalue weighted by Crippen LogP contribution is -2.49. The third kappa shape index (κ3) is 2.84. The number of hydrogen-bond acceptors (Lipinski definition) is 2. The number of anilines is 1. The highest BCUT2D eigenvalue weighted by molar-refractivity contribution is 5.81. The summed E-state index contributed by atoms with van der Waals surface area (Å²) < 4.78 is 0. The summed E-state index contributed by atoms with van der Waals surface area (Å²) in [4.78, 5) is 4.62. The van der Waals surface area contributed by atoms with Gasteiger partial charge in [-0.15, -0.1) is 0 Å². The summed E-state index contributed by atoms with van der Waals surface area (Å²) in [5, 5.41) is 8.05. The maximum absolute atomic E-state index is 8.05. The van der Waals surface area contributed by atoms with Crippen molar-refractivity contribution in [2.75, 3.05) is 31.1 Å². The Bertz CT molecular complexity index is 418. The maximum atomic E-state index is 8.05. The van der Waals surface area contributed by atoms with Crippen LogP contribution in [0.1, 0.15) is 19.4 Å². The van der Waals surface area contributed by atoms with E-state index >= 15 is 0 Å². The molecule has 0 spiro atoms. The van der Waals surface area contributed by atoms with E-state index in [9.17, 15) is 0 Å². The third-order valence-electron chi connectivity index (χ3n) is 3.53. The molecule has 0 radical (unpaired) electrons. The highest BCUT2D eigenvalue weighted by Crippen LogP contribution is 2.18. The summed E-state index contributed by atoms with van der Waals surface area (Å²) >= 11 is 0. The van der Waals surface area contributed by atoms with Gasteiger partial charge in [0.25, 0.3) is 0 Å². The summed E-state index contributed by atoms with van der Waals surface area (Å²) in [6, 6.07) is 8.67. The van der Waals surface area contributed by atoms with Crippen LogP contribution in [0.5, 0.6) is 0 Å². The van der Waals surface area contributed by atoms with Crippen LogP contribution in [0.25, 0.3) is 0 Å². The fourth-order valence-corrected chi connectivity index (χ4v) is 2.40. The highest BCUT2D eigenvalue weighted by atomic mass is 15.3. The average Bonchev–Trinajstić information content (AvgIpc) is 2.38. The third-order valence-corrected chi connectivity index (χ3v) is 3.53. The first-order chi connectivity index (χ1) is 8.58. The van der Waals surface area contributed by atoms with Crippen LogP contribution in [-0.4, -0.2) is 36.9 Å². The zero-order valence-electron chi connectivity index (χ0n) is 11.6. The summed E-state index contributed by atoms with van der Waals surface area (Å²) in [6.07, 6.45) is 0. The van der Waals surface area contributed by atoms with Gasteiger partial charge in [0, 0.05) is 37.8 Å². The number of aryl methyl sites for hydroxylation is 1. The minimum atomic E-state index is 0.329. The van der Waals surface area contributed by atoms with Crippen LogP contribution in [0.4, 0.5) is 5.69 Å². The molecule has 3 nitrogen and oxygen atoms in total. The van der Waals surface area contributed by atoms with Crippen molar-refractivity contribution in [2.45, 2.75) is 20.8 Å². The normalized spacial score (nSPS) is 16.2. The second-order valence-corrected chi connectivity index (χ2v) is 5.35. The lowest BCUT2D eigenvalue weighted by molar-refractivity contribution is 0.368. The van der Waals surface area contributed by atoms with E-state index in [4.69, 9.17) is 5.41 Å². The molecule has 0 saturated carbocycles. The first kappa shape index (κ1) is 12.9. The van der Waals surface area contributed by atoms with E-state index in [2.05, 4.69) is 54.8 Å². The van der Waals surface area contributed by atoms with E-state index in [1.54, 1.807) is 0 Å². The van der Waals surface area contributed by atoms with Crippen molar-refractivity contribution in [2.24, 2.45) is 5.92 Å². The Morgan fingerprint density at radius 3 is 2.39 bits per heavy atom. The molecule has 1 aliphatic heterocycles. The Hall–Kier alpha value is -1.51. The fraction of sp³-hybridized carbons (Fsp3) is 0.533. The molecule has 3 heteroatoms. The van der Waals surface area contributed by atoms with E-state index in [0.717, 1.165) is 32.0 Å². The highest BCUT2D eigenvalue weighted by Gasteiger charge is 2.20. The van der Waals surface area contributed by atoms with Crippen molar-refractivity contribution in [1.82, 2.24) is 4.90 Å². The molecular weight excluding hydrogens is 222 g/mol. The summed E-state index contributed by atoms with van der Waals surface area (Å²) in [6.45, 7) is 10.3. The van der Waals surface area contributed by atoms with Gasteiger partial charge in [-0.3, -0.25) is 5.41 Å². The molecule has 0 aromatic heterocycles. The Balaban J connectivity index is 1.96. The molecular formula is C15H23N3. The molecule has 18 heavy (non-hydrogen) atoms. The predicted octanol–water partition coefficient (Wildman–Crippen LogP) is 2.75. The van der Waals surface area contributed by atoms with Crippen LogP contribution in [0, 0.1) is 18.3 Å². The first-order valence-corrected chi connectivity index (χ1v) is 6.73. The predicted molar refractivity (Wildman–Crippen MR) is 77.5 cm³/mol. The van der Waals surface area contributed by atoms with Crippen LogP contribution >= 0.6 is 0 Å². The Kier molecular flexibility index (Phi) is 3.90. The molecule has 2 rings (SSSR count). The van der Waals surface area contributed by atoms with E-state index < -0.39 is 0 Å². The lowest BCUT2D eigenvalue weighted by atomic mass is 10.1. The summed E-state index contributed by atoms with van der Waals surface area (Å²) in [5.41, 5.74) is 2.62.